The number of amides is 1. The van der Waals surface area contributed by atoms with Crippen LogP contribution in [0.2, 0.25) is 0 Å². The van der Waals surface area contributed by atoms with Gasteiger partial charge in [0.25, 0.3) is 5.91 Å². The average molecular weight is 269 g/mol. The van der Waals surface area contributed by atoms with Crippen LogP contribution >= 0.6 is 0 Å². The third-order valence-corrected chi connectivity index (χ3v) is 2.50. The average Bonchev–Trinajstić information content (AvgIpc) is 2.52. The number of hydrogen-bond acceptors (Lipinski definition) is 5. The molecule has 0 aliphatic carbocycles. The van der Waals surface area contributed by atoms with Gasteiger partial charge in [-0.15, -0.1) is 6.58 Å². The lowest BCUT2D eigenvalue weighted by Crippen LogP contribution is -2.24. The van der Waals surface area contributed by atoms with Crippen LogP contribution in [0, 0.1) is 0 Å². The van der Waals surface area contributed by atoms with E-state index in [4.69, 9.17) is 0 Å². The van der Waals surface area contributed by atoms with Gasteiger partial charge < -0.3 is 10.6 Å². The van der Waals surface area contributed by atoms with Crippen LogP contribution in [0.3, 0.4) is 0 Å². The van der Waals surface area contributed by atoms with Crippen LogP contribution in [-0.4, -0.2) is 27.4 Å². The fourth-order valence-corrected chi connectivity index (χ4v) is 1.53. The standard InChI is InChI=1S/C14H15N5O/c1-2-5-16-13-7-12(18-10-19-13)14(20)17-9-11-4-3-6-15-8-11/h2-4,6-8,10H,1,5,9H2,(H,17,20)(H,16,18,19). The number of anilines is 1. The summed E-state index contributed by atoms with van der Waals surface area (Å²) < 4.78 is 0. The van der Waals surface area contributed by atoms with E-state index in [1.165, 1.54) is 6.33 Å². The molecule has 0 radical (unpaired) electrons. The smallest absolute Gasteiger partial charge is 0.270 e. The normalized spacial score (nSPS) is 9.80. The third kappa shape index (κ3) is 3.88. The summed E-state index contributed by atoms with van der Waals surface area (Å²) in [6, 6.07) is 5.32. The van der Waals surface area contributed by atoms with Crippen molar-refractivity contribution in [1.82, 2.24) is 20.3 Å². The van der Waals surface area contributed by atoms with Crippen molar-refractivity contribution in [2.75, 3.05) is 11.9 Å². The number of aromatic nitrogens is 3. The van der Waals surface area contributed by atoms with Crippen molar-refractivity contribution < 1.29 is 4.79 Å². The van der Waals surface area contributed by atoms with Crippen LogP contribution in [-0.2, 0) is 6.54 Å². The van der Waals surface area contributed by atoms with Gasteiger partial charge in [-0.3, -0.25) is 9.78 Å². The van der Waals surface area contributed by atoms with Gasteiger partial charge in [0.1, 0.15) is 17.8 Å². The van der Waals surface area contributed by atoms with Crippen molar-refractivity contribution in [3.63, 3.8) is 0 Å². The Morgan fingerprint density at radius 2 is 2.30 bits per heavy atom. The van der Waals surface area contributed by atoms with Gasteiger partial charge in [0.15, 0.2) is 0 Å². The Hall–Kier alpha value is -2.76. The molecule has 102 valence electrons. The van der Waals surface area contributed by atoms with E-state index in [1.807, 2.05) is 12.1 Å². The lowest BCUT2D eigenvalue weighted by Gasteiger charge is -2.06. The van der Waals surface area contributed by atoms with E-state index >= 15 is 0 Å². The molecule has 2 aromatic rings. The molecule has 0 spiro atoms. The molecule has 0 aromatic carbocycles. The lowest BCUT2D eigenvalue weighted by atomic mass is 10.3. The van der Waals surface area contributed by atoms with Crippen LogP contribution in [0.1, 0.15) is 16.1 Å². The highest BCUT2D eigenvalue weighted by Crippen LogP contribution is 2.04. The fourth-order valence-electron chi connectivity index (χ4n) is 1.53. The third-order valence-electron chi connectivity index (χ3n) is 2.50. The van der Waals surface area contributed by atoms with E-state index in [9.17, 15) is 4.79 Å². The summed E-state index contributed by atoms with van der Waals surface area (Å²) in [5.41, 5.74) is 1.25. The van der Waals surface area contributed by atoms with E-state index in [0.29, 0.717) is 24.6 Å². The van der Waals surface area contributed by atoms with E-state index in [2.05, 4.69) is 32.2 Å². The van der Waals surface area contributed by atoms with Crippen molar-refractivity contribution in [3.8, 4) is 0 Å². The van der Waals surface area contributed by atoms with E-state index in [0.717, 1.165) is 5.56 Å². The molecule has 0 unspecified atom stereocenters. The van der Waals surface area contributed by atoms with E-state index in [1.54, 1.807) is 24.5 Å². The Bertz CT molecular complexity index is 585. The molecule has 0 aliphatic heterocycles. The highest BCUT2D eigenvalue weighted by molar-refractivity contribution is 5.92. The minimum absolute atomic E-state index is 0.252. The first kappa shape index (κ1) is 13.7. The molecule has 0 bridgehead atoms. The zero-order valence-electron chi connectivity index (χ0n) is 10.9. The molecule has 2 rings (SSSR count). The van der Waals surface area contributed by atoms with Crippen LogP contribution in [0.5, 0.6) is 0 Å². The van der Waals surface area contributed by atoms with Crippen molar-refractivity contribution in [2.24, 2.45) is 0 Å². The molecule has 0 saturated heterocycles. The topological polar surface area (TPSA) is 79.8 Å². The number of hydrogen-bond donors (Lipinski definition) is 2. The molecule has 20 heavy (non-hydrogen) atoms. The van der Waals surface area contributed by atoms with Crippen molar-refractivity contribution >= 4 is 11.7 Å². The molecule has 6 nitrogen and oxygen atoms in total. The van der Waals surface area contributed by atoms with Gasteiger partial charge in [-0.05, 0) is 11.6 Å². The number of nitrogens with one attached hydrogen (secondary N) is 2. The monoisotopic (exact) mass is 269 g/mol. The van der Waals surface area contributed by atoms with Crippen LogP contribution < -0.4 is 10.6 Å². The Morgan fingerprint density at radius 3 is 3.05 bits per heavy atom. The first-order valence-corrected chi connectivity index (χ1v) is 6.13. The van der Waals surface area contributed by atoms with Crippen LogP contribution in [0.25, 0.3) is 0 Å². The highest BCUT2D eigenvalue weighted by atomic mass is 16.1. The van der Waals surface area contributed by atoms with Crippen LogP contribution in [0.15, 0.2) is 49.6 Å². The number of pyridine rings is 1. The van der Waals surface area contributed by atoms with Gasteiger partial charge in [0, 0.05) is 31.5 Å². The summed E-state index contributed by atoms with van der Waals surface area (Å²) >= 11 is 0. The lowest BCUT2D eigenvalue weighted by molar-refractivity contribution is 0.0946. The molecule has 0 saturated carbocycles. The van der Waals surface area contributed by atoms with E-state index in [-0.39, 0.29) is 5.91 Å². The molecule has 0 atom stereocenters. The Kier molecular flexibility index (Phi) is 4.77. The second kappa shape index (κ2) is 6.98. The predicted octanol–water partition coefficient (Wildman–Crippen LogP) is 1.40. The second-order valence-corrected chi connectivity index (χ2v) is 4.00. The number of carbonyl (C=O) groups excluding carboxylic acids is 1. The predicted molar refractivity (Wildman–Crippen MR) is 76.1 cm³/mol. The fraction of sp³-hybridized carbons (Fsp3) is 0.143. The molecular formula is C14H15N5O. The molecule has 2 N–H and O–H groups in total. The molecule has 2 heterocycles. The summed E-state index contributed by atoms with van der Waals surface area (Å²) in [6.07, 6.45) is 6.46. The number of carbonyl (C=O) groups is 1. The summed E-state index contributed by atoms with van der Waals surface area (Å²) in [4.78, 5) is 23.9. The van der Waals surface area contributed by atoms with Crippen LogP contribution in [0.4, 0.5) is 5.82 Å². The van der Waals surface area contributed by atoms with Gasteiger partial charge in [0.05, 0.1) is 0 Å². The van der Waals surface area contributed by atoms with Crippen molar-refractivity contribution in [3.05, 3.63) is 60.8 Å². The maximum atomic E-state index is 12.0. The maximum absolute atomic E-state index is 12.0. The second-order valence-electron chi connectivity index (χ2n) is 4.00. The number of rotatable bonds is 6. The van der Waals surface area contributed by atoms with Gasteiger partial charge in [0.2, 0.25) is 0 Å². The zero-order chi connectivity index (χ0) is 14.2. The first-order valence-electron chi connectivity index (χ1n) is 6.13. The minimum Gasteiger partial charge on any atom is -0.366 e. The first-order chi connectivity index (χ1) is 9.79. The minimum atomic E-state index is -0.252. The van der Waals surface area contributed by atoms with E-state index < -0.39 is 0 Å². The van der Waals surface area contributed by atoms with Gasteiger partial charge >= 0.3 is 0 Å². The Balaban J connectivity index is 1.96. The molecule has 6 heteroatoms. The van der Waals surface area contributed by atoms with Gasteiger partial charge in [-0.25, -0.2) is 9.97 Å². The van der Waals surface area contributed by atoms with Gasteiger partial charge in [-0.2, -0.15) is 0 Å². The molecular weight excluding hydrogens is 254 g/mol. The number of nitrogens with zero attached hydrogens (tertiary/aromatic N) is 3. The maximum Gasteiger partial charge on any atom is 0.270 e. The Morgan fingerprint density at radius 1 is 1.40 bits per heavy atom. The highest BCUT2D eigenvalue weighted by Gasteiger charge is 2.08. The summed E-state index contributed by atoms with van der Waals surface area (Å²) in [5.74, 6) is 0.337. The summed E-state index contributed by atoms with van der Waals surface area (Å²) in [6.45, 7) is 4.59. The largest absolute Gasteiger partial charge is 0.366 e. The zero-order valence-corrected chi connectivity index (χ0v) is 10.9. The molecule has 2 aromatic heterocycles. The quantitative estimate of drug-likeness (QED) is 0.775. The SMILES string of the molecule is C=CCNc1cc(C(=O)NCc2cccnc2)ncn1. The Labute approximate surface area is 117 Å². The summed E-state index contributed by atoms with van der Waals surface area (Å²) in [5, 5.41) is 5.79. The molecule has 0 aliphatic rings. The molecule has 0 fully saturated rings. The summed E-state index contributed by atoms with van der Waals surface area (Å²) in [7, 11) is 0. The van der Waals surface area contributed by atoms with Crippen molar-refractivity contribution in [2.45, 2.75) is 6.54 Å². The van der Waals surface area contributed by atoms with Crippen molar-refractivity contribution in [1.29, 1.82) is 0 Å². The molecule has 1 amide bonds. The van der Waals surface area contributed by atoms with Gasteiger partial charge in [-0.1, -0.05) is 12.1 Å².